The van der Waals surface area contributed by atoms with Crippen LogP contribution in [0.5, 0.6) is 0 Å². The maximum atomic E-state index is 10.7. The van der Waals surface area contributed by atoms with Gasteiger partial charge in [-0.2, -0.15) is 0 Å². The monoisotopic (exact) mass is 201 g/mol. The van der Waals surface area contributed by atoms with E-state index in [-0.39, 0.29) is 12.6 Å². The first kappa shape index (κ1) is 13.1. The molecule has 2 atom stereocenters. The molecule has 0 bridgehead atoms. The second kappa shape index (κ2) is 6.56. The average Bonchev–Trinajstić information content (AvgIpc) is 2.13. The quantitative estimate of drug-likeness (QED) is 0.500. The zero-order valence-electron chi connectivity index (χ0n) is 9.06. The van der Waals surface area contributed by atoms with Crippen LogP contribution in [0.2, 0.25) is 0 Å². The summed E-state index contributed by atoms with van der Waals surface area (Å²) in [7, 11) is 3.88. The van der Waals surface area contributed by atoms with Crippen molar-refractivity contribution >= 4 is 5.97 Å². The van der Waals surface area contributed by atoms with Gasteiger partial charge in [0, 0.05) is 12.1 Å². The summed E-state index contributed by atoms with van der Waals surface area (Å²) in [6.07, 6.45) is 1.05. The number of esters is 1. The van der Waals surface area contributed by atoms with Crippen LogP contribution in [0, 0.1) is 0 Å². The first-order chi connectivity index (χ1) is 6.47. The maximum absolute atomic E-state index is 10.7. The van der Waals surface area contributed by atoms with E-state index >= 15 is 0 Å². The van der Waals surface area contributed by atoms with Gasteiger partial charge in [-0.3, -0.25) is 0 Å². The number of rotatable bonds is 6. The Bertz CT molecular complexity index is 192. The molecule has 0 rings (SSSR count). The molecule has 0 aromatic rings. The second-order valence-corrected chi connectivity index (χ2v) is 3.54. The van der Waals surface area contributed by atoms with Crippen LogP contribution in [0.15, 0.2) is 12.7 Å². The highest BCUT2D eigenvalue weighted by Gasteiger charge is 2.13. The number of aliphatic hydroxyl groups excluding tert-OH is 1. The minimum absolute atomic E-state index is 0.0308. The molecule has 0 fully saturated rings. The standard InChI is InChI=1S/C10H19NO3/c1-5-10(13)14-7-9(12)6-8(2)11(3)4/h5,8-9,12H,1,6-7H2,2-4H3. The lowest BCUT2D eigenvalue weighted by Gasteiger charge is -2.22. The molecular weight excluding hydrogens is 182 g/mol. The highest BCUT2D eigenvalue weighted by Crippen LogP contribution is 2.03. The van der Waals surface area contributed by atoms with Gasteiger partial charge in [-0.1, -0.05) is 6.58 Å². The van der Waals surface area contributed by atoms with Crippen molar-refractivity contribution in [1.29, 1.82) is 0 Å². The summed E-state index contributed by atoms with van der Waals surface area (Å²) in [6.45, 7) is 5.29. The number of hydrogen-bond donors (Lipinski definition) is 1. The zero-order chi connectivity index (χ0) is 11.1. The number of ether oxygens (including phenoxy) is 1. The molecule has 0 aliphatic rings. The Balaban J connectivity index is 3.69. The van der Waals surface area contributed by atoms with Crippen LogP contribution in [0.25, 0.3) is 0 Å². The lowest BCUT2D eigenvalue weighted by Crippen LogP contribution is -2.31. The molecule has 0 saturated carbocycles. The molecular formula is C10H19NO3. The summed E-state index contributed by atoms with van der Waals surface area (Å²) < 4.78 is 4.71. The Morgan fingerprint density at radius 3 is 2.64 bits per heavy atom. The molecule has 0 aromatic carbocycles. The topological polar surface area (TPSA) is 49.8 Å². The summed E-state index contributed by atoms with van der Waals surface area (Å²) in [6, 6.07) is 0.257. The van der Waals surface area contributed by atoms with Crippen LogP contribution in [0.1, 0.15) is 13.3 Å². The van der Waals surface area contributed by atoms with Crippen molar-refractivity contribution in [3.05, 3.63) is 12.7 Å². The van der Waals surface area contributed by atoms with Crippen LogP contribution < -0.4 is 0 Å². The van der Waals surface area contributed by atoms with Gasteiger partial charge in [-0.05, 0) is 27.4 Å². The smallest absolute Gasteiger partial charge is 0.330 e. The number of aliphatic hydroxyl groups is 1. The van der Waals surface area contributed by atoms with Gasteiger partial charge in [-0.25, -0.2) is 4.79 Å². The van der Waals surface area contributed by atoms with Gasteiger partial charge in [0.15, 0.2) is 0 Å². The van der Waals surface area contributed by atoms with E-state index in [0.29, 0.717) is 6.42 Å². The Hall–Kier alpha value is -0.870. The van der Waals surface area contributed by atoms with Gasteiger partial charge in [0.25, 0.3) is 0 Å². The zero-order valence-corrected chi connectivity index (χ0v) is 9.06. The Labute approximate surface area is 85.2 Å². The fourth-order valence-electron chi connectivity index (χ4n) is 0.910. The molecule has 0 saturated heterocycles. The molecule has 2 unspecified atom stereocenters. The fraction of sp³-hybridized carbons (Fsp3) is 0.700. The van der Waals surface area contributed by atoms with Gasteiger partial charge in [0.1, 0.15) is 6.61 Å². The van der Waals surface area contributed by atoms with Crippen molar-refractivity contribution in [3.8, 4) is 0 Å². The van der Waals surface area contributed by atoms with E-state index in [9.17, 15) is 9.90 Å². The van der Waals surface area contributed by atoms with Crippen molar-refractivity contribution in [1.82, 2.24) is 4.90 Å². The summed E-state index contributed by atoms with van der Waals surface area (Å²) in [5.41, 5.74) is 0. The number of carbonyl (C=O) groups is 1. The van der Waals surface area contributed by atoms with E-state index in [4.69, 9.17) is 4.74 Å². The van der Waals surface area contributed by atoms with E-state index in [1.165, 1.54) is 0 Å². The fourth-order valence-corrected chi connectivity index (χ4v) is 0.910. The van der Waals surface area contributed by atoms with E-state index in [1.807, 2.05) is 25.9 Å². The predicted molar refractivity (Wildman–Crippen MR) is 54.9 cm³/mol. The molecule has 1 N–H and O–H groups in total. The molecule has 0 aliphatic heterocycles. The molecule has 0 aliphatic carbocycles. The number of nitrogens with zero attached hydrogens (tertiary/aromatic N) is 1. The van der Waals surface area contributed by atoms with Crippen LogP contribution in [-0.4, -0.2) is 48.8 Å². The third-order valence-corrected chi connectivity index (χ3v) is 2.08. The van der Waals surface area contributed by atoms with E-state index in [1.54, 1.807) is 0 Å². The third kappa shape index (κ3) is 5.72. The summed E-state index contributed by atoms with van der Waals surface area (Å²) in [4.78, 5) is 12.7. The molecule has 0 amide bonds. The van der Waals surface area contributed by atoms with Crippen LogP contribution in [0.4, 0.5) is 0 Å². The van der Waals surface area contributed by atoms with Crippen molar-refractivity contribution in [3.63, 3.8) is 0 Å². The summed E-state index contributed by atoms with van der Waals surface area (Å²) in [5, 5.41) is 9.47. The van der Waals surface area contributed by atoms with Crippen molar-refractivity contribution in [2.45, 2.75) is 25.5 Å². The summed E-state index contributed by atoms with van der Waals surface area (Å²) >= 11 is 0. The predicted octanol–water partition coefficient (Wildman–Crippen LogP) is 0.417. The molecule has 0 aromatic heterocycles. The SMILES string of the molecule is C=CC(=O)OCC(O)CC(C)N(C)C. The lowest BCUT2D eigenvalue weighted by atomic mass is 10.1. The van der Waals surface area contributed by atoms with Gasteiger partial charge in [0.2, 0.25) is 0 Å². The molecule has 82 valence electrons. The Morgan fingerprint density at radius 2 is 2.21 bits per heavy atom. The van der Waals surface area contributed by atoms with Crippen LogP contribution in [0.3, 0.4) is 0 Å². The van der Waals surface area contributed by atoms with E-state index in [2.05, 4.69) is 6.58 Å². The normalized spacial score (nSPS) is 14.9. The first-order valence-electron chi connectivity index (χ1n) is 4.61. The average molecular weight is 201 g/mol. The van der Waals surface area contributed by atoms with E-state index in [0.717, 1.165) is 6.08 Å². The molecule has 0 spiro atoms. The van der Waals surface area contributed by atoms with Gasteiger partial charge < -0.3 is 14.7 Å². The van der Waals surface area contributed by atoms with Gasteiger partial charge >= 0.3 is 5.97 Å². The number of carbonyl (C=O) groups excluding carboxylic acids is 1. The number of hydrogen-bond acceptors (Lipinski definition) is 4. The minimum Gasteiger partial charge on any atom is -0.460 e. The Kier molecular flexibility index (Phi) is 6.16. The molecule has 14 heavy (non-hydrogen) atoms. The molecule has 4 nitrogen and oxygen atoms in total. The third-order valence-electron chi connectivity index (χ3n) is 2.08. The first-order valence-corrected chi connectivity index (χ1v) is 4.61. The van der Waals surface area contributed by atoms with E-state index < -0.39 is 12.1 Å². The maximum Gasteiger partial charge on any atom is 0.330 e. The molecule has 0 radical (unpaired) electrons. The van der Waals surface area contributed by atoms with Crippen molar-refractivity contribution in [2.75, 3.05) is 20.7 Å². The van der Waals surface area contributed by atoms with Crippen molar-refractivity contribution in [2.24, 2.45) is 0 Å². The molecule has 4 heteroatoms. The van der Waals surface area contributed by atoms with Crippen LogP contribution >= 0.6 is 0 Å². The molecule has 0 heterocycles. The highest BCUT2D eigenvalue weighted by atomic mass is 16.5. The minimum atomic E-state index is -0.615. The Morgan fingerprint density at radius 1 is 1.64 bits per heavy atom. The van der Waals surface area contributed by atoms with Gasteiger partial charge in [0.05, 0.1) is 6.10 Å². The largest absolute Gasteiger partial charge is 0.460 e. The van der Waals surface area contributed by atoms with Crippen LogP contribution in [-0.2, 0) is 9.53 Å². The lowest BCUT2D eigenvalue weighted by molar-refractivity contribution is -0.140. The summed E-state index contributed by atoms with van der Waals surface area (Å²) in [5.74, 6) is -0.499. The van der Waals surface area contributed by atoms with Crippen molar-refractivity contribution < 1.29 is 14.6 Å². The second-order valence-electron chi connectivity index (χ2n) is 3.54. The van der Waals surface area contributed by atoms with Gasteiger partial charge in [-0.15, -0.1) is 0 Å². The highest BCUT2D eigenvalue weighted by molar-refractivity contribution is 5.81.